The number of hydrogen-bond acceptors (Lipinski definition) is 2. The molecule has 3 nitrogen and oxygen atoms in total. The van der Waals surface area contributed by atoms with Gasteiger partial charge in [-0.2, -0.15) is 5.10 Å². The van der Waals surface area contributed by atoms with Crippen LogP contribution in [0.25, 0.3) is 0 Å². The largest absolute Gasteiger partial charge is 0.279 e. The molecule has 2 aromatic rings. The van der Waals surface area contributed by atoms with Gasteiger partial charge in [-0.3, -0.25) is 4.79 Å². The van der Waals surface area contributed by atoms with Crippen LogP contribution in [0.15, 0.2) is 28.7 Å². The molecule has 130 valence electrons. The van der Waals surface area contributed by atoms with Gasteiger partial charge in [-0.05, 0) is 60.3 Å². The second-order valence-electron chi connectivity index (χ2n) is 6.36. The number of halogens is 1. The van der Waals surface area contributed by atoms with Gasteiger partial charge in [0.2, 0.25) is 0 Å². The van der Waals surface area contributed by atoms with Crippen molar-refractivity contribution >= 4 is 21.8 Å². The first kappa shape index (κ1) is 18.9. The van der Waals surface area contributed by atoms with Crippen LogP contribution in [0.3, 0.4) is 0 Å². The number of carbonyl (C=O) groups excluding carboxylic acids is 1. The monoisotopic (exact) mass is 390 g/mol. The smallest absolute Gasteiger partial charge is 0.267 e. The quantitative estimate of drug-likeness (QED) is 0.529. The maximum absolute atomic E-state index is 12.8. The highest BCUT2D eigenvalue weighted by Gasteiger charge is 2.19. The molecule has 0 bridgehead atoms. The Hall–Kier alpha value is -1.42. The lowest BCUT2D eigenvalue weighted by molar-refractivity contribution is 0.0941. The van der Waals surface area contributed by atoms with Crippen molar-refractivity contribution in [3.63, 3.8) is 0 Å². The van der Waals surface area contributed by atoms with E-state index in [-0.39, 0.29) is 5.91 Å². The standard InChI is InChI=1S/C20H27BrN2O/c1-4-5-6-7-8-9-12-17-15(2)22-23(16(17)3)20(24)18-13-10-11-14-19(18)21/h10-11,13-14H,4-9,12H2,1-3H3. The number of rotatable bonds is 8. The summed E-state index contributed by atoms with van der Waals surface area (Å²) in [6.45, 7) is 6.24. The molecule has 0 radical (unpaired) electrons. The maximum Gasteiger partial charge on any atom is 0.279 e. The number of benzene rings is 1. The first-order valence-electron chi connectivity index (χ1n) is 8.90. The first-order chi connectivity index (χ1) is 11.6. The second-order valence-corrected chi connectivity index (χ2v) is 7.22. The van der Waals surface area contributed by atoms with Crippen LogP contribution in [-0.2, 0) is 6.42 Å². The van der Waals surface area contributed by atoms with E-state index in [9.17, 15) is 4.79 Å². The summed E-state index contributed by atoms with van der Waals surface area (Å²) < 4.78 is 2.36. The average Bonchev–Trinajstić information content (AvgIpc) is 2.85. The van der Waals surface area contributed by atoms with Crippen molar-refractivity contribution in [2.45, 2.75) is 65.7 Å². The number of unbranched alkanes of at least 4 members (excludes halogenated alkanes) is 5. The molecule has 0 aliphatic rings. The Bertz CT molecular complexity index is 691. The van der Waals surface area contributed by atoms with E-state index in [2.05, 4.69) is 28.0 Å². The van der Waals surface area contributed by atoms with Gasteiger partial charge in [0.05, 0.1) is 11.3 Å². The highest BCUT2D eigenvalue weighted by molar-refractivity contribution is 9.10. The number of nitrogens with zero attached hydrogens (tertiary/aromatic N) is 2. The minimum absolute atomic E-state index is 0.0720. The third kappa shape index (κ3) is 4.56. The van der Waals surface area contributed by atoms with E-state index in [1.807, 2.05) is 38.1 Å². The first-order valence-corrected chi connectivity index (χ1v) is 9.69. The highest BCUT2D eigenvalue weighted by atomic mass is 79.9. The van der Waals surface area contributed by atoms with Gasteiger partial charge in [-0.25, -0.2) is 4.68 Å². The Labute approximate surface area is 153 Å². The predicted octanol–water partition coefficient (Wildman–Crippen LogP) is 5.85. The molecule has 0 unspecified atom stereocenters. The third-order valence-corrected chi connectivity index (χ3v) is 5.21. The van der Waals surface area contributed by atoms with E-state index in [4.69, 9.17) is 0 Å². The topological polar surface area (TPSA) is 34.9 Å². The minimum atomic E-state index is -0.0720. The van der Waals surface area contributed by atoms with Crippen molar-refractivity contribution in [1.82, 2.24) is 9.78 Å². The van der Waals surface area contributed by atoms with E-state index >= 15 is 0 Å². The molecular weight excluding hydrogens is 364 g/mol. The van der Waals surface area contributed by atoms with Crippen LogP contribution in [-0.4, -0.2) is 15.7 Å². The van der Waals surface area contributed by atoms with E-state index in [1.54, 1.807) is 4.68 Å². The summed E-state index contributed by atoms with van der Waals surface area (Å²) in [6, 6.07) is 7.50. The lowest BCUT2D eigenvalue weighted by atomic mass is 10.0. The maximum atomic E-state index is 12.8. The van der Waals surface area contributed by atoms with Crippen molar-refractivity contribution in [3.8, 4) is 0 Å². The zero-order valence-electron chi connectivity index (χ0n) is 14.9. The molecule has 0 atom stereocenters. The zero-order valence-corrected chi connectivity index (χ0v) is 16.5. The molecule has 0 aliphatic heterocycles. The molecule has 2 rings (SSSR count). The molecular formula is C20H27BrN2O. The summed E-state index contributed by atoms with van der Waals surface area (Å²) in [7, 11) is 0. The van der Waals surface area contributed by atoms with Gasteiger partial charge < -0.3 is 0 Å². The average molecular weight is 391 g/mol. The molecule has 1 aromatic heterocycles. The van der Waals surface area contributed by atoms with Gasteiger partial charge in [-0.15, -0.1) is 0 Å². The number of aromatic nitrogens is 2. The third-order valence-electron chi connectivity index (χ3n) is 4.52. The van der Waals surface area contributed by atoms with E-state index in [0.717, 1.165) is 22.3 Å². The summed E-state index contributed by atoms with van der Waals surface area (Å²) >= 11 is 3.45. The van der Waals surface area contributed by atoms with Crippen molar-refractivity contribution in [2.24, 2.45) is 0 Å². The molecule has 4 heteroatoms. The Balaban J connectivity index is 2.06. The summed E-state index contributed by atoms with van der Waals surface area (Å²) in [4.78, 5) is 12.8. The van der Waals surface area contributed by atoms with E-state index in [0.29, 0.717) is 5.56 Å². The minimum Gasteiger partial charge on any atom is -0.267 e. The molecule has 0 amide bonds. The SMILES string of the molecule is CCCCCCCCc1c(C)nn(C(=O)c2ccccc2Br)c1C. The molecule has 0 spiro atoms. The van der Waals surface area contributed by atoms with Crippen LogP contribution in [0.2, 0.25) is 0 Å². The summed E-state index contributed by atoms with van der Waals surface area (Å²) in [5.41, 5.74) is 3.82. The Morgan fingerprint density at radius 1 is 1.08 bits per heavy atom. The Morgan fingerprint density at radius 3 is 2.46 bits per heavy atom. The van der Waals surface area contributed by atoms with E-state index < -0.39 is 0 Å². The van der Waals surface area contributed by atoms with Crippen LogP contribution in [0.4, 0.5) is 0 Å². The van der Waals surface area contributed by atoms with Gasteiger partial charge in [0.15, 0.2) is 0 Å². The second kappa shape index (κ2) is 9.16. The van der Waals surface area contributed by atoms with Gasteiger partial charge in [0.25, 0.3) is 5.91 Å². The summed E-state index contributed by atoms with van der Waals surface area (Å²) in [5.74, 6) is -0.0720. The van der Waals surface area contributed by atoms with E-state index in [1.165, 1.54) is 44.1 Å². The van der Waals surface area contributed by atoms with Gasteiger partial charge in [0.1, 0.15) is 0 Å². The van der Waals surface area contributed by atoms with Crippen molar-refractivity contribution in [3.05, 3.63) is 51.3 Å². The van der Waals surface area contributed by atoms with Gasteiger partial charge in [0, 0.05) is 10.2 Å². The molecule has 0 fully saturated rings. The lowest BCUT2D eigenvalue weighted by Gasteiger charge is -2.06. The summed E-state index contributed by atoms with van der Waals surface area (Å²) in [5, 5.41) is 4.50. The molecule has 24 heavy (non-hydrogen) atoms. The van der Waals surface area contributed by atoms with Crippen LogP contribution >= 0.6 is 15.9 Å². The fourth-order valence-electron chi connectivity index (χ4n) is 3.07. The van der Waals surface area contributed by atoms with Gasteiger partial charge in [-0.1, -0.05) is 51.2 Å². The van der Waals surface area contributed by atoms with Crippen molar-refractivity contribution < 1.29 is 4.79 Å². The number of aryl methyl sites for hydroxylation is 1. The molecule has 0 N–H and O–H groups in total. The normalized spacial score (nSPS) is 11.0. The van der Waals surface area contributed by atoms with Crippen molar-refractivity contribution in [2.75, 3.05) is 0 Å². The van der Waals surface area contributed by atoms with Crippen LogP contribution in [0.5, 0.6) is 0 Å². The lowest BCUT2D eigenvalue weighted by Crippen LogP contribution is -2.16. The Morgan fingerprint density at radius 2 is 1.75 bits per heavy atom. The molecule has 0 saturated heterocycles. The molecule has 1 aromatic carbocycles. The van der Waals surface area contributed by atoms with Crippen LogP contribution < -0.4 is 0 Å². The zero-order chi connectivity index (χ0) is 17.5. The highest BCUT2D eigenvalue weighted by Crippen LogP contribution is 2.21. The fourth-order valence-corrected chi connectivity index (χ4v) is 3.52. The molecule has 0 aliphatic carbocycles. The Kier molecular flexibility index (Phi) is 7.22. The van der Waals surface area contributed by atoms with Crippen molar-refractivity contribution in [1.29, 1.82) is 0 Å². The molecule has 1 heterocycles. The molecule has 0 saturated carbocycles. The number of carbonyl (C=O) groups is 1. The fraction of sp³-hybridized carbons (Fsp3) is 0.500. The van der Waals surface area contributed by atoms with Crippen LogP contribution in [0, 0.1) is 13.8 Å². The number of hydrogen-bond donors (Lipinski definition) is 0. The van der Waals surface area contributed by atoms with Gasteiger partial charge >= 0.3 is 0 Å². The predicted molar refractivity (Wildman–Crippen MR) is 103 cm³/mol. The van der Waals surface area contributed by atoms with Crippen LogP contribution in [0.1, 0.15) is 72.8 Å². The summed E-state index contributed by atoms with van der Waals surface area (Å²) in [6.07, 6.45) is 8.67.